The minimum atomic E-state index is 0.646. The maximum atomic E-state index is 5.87. The number of aryl methyl sites for hydroxylation is 1. The second-order valence-corrected chi connectivity index (χ2v) is 5.00. The summed E-state index contributed by atoms with van der Waals surface area (Å²) in [6, 6.07) is 12.0. The van der Waals surface area contributed by atoms with Crippen LogP contribution >= 0.6 is 0 Å². The molecule has 0 aliphatic heterocycles. The van der Waals surface area contributed by atoms with E-state index in [1.807, 2.05) is 36.4 Å². The van der Waals surface area contributed by atoms with Gasteiger partial charge in [0.15, 0.2) is 11.6 Å². The average molecular weight is 281 g/mol. The van der Waals surface area contributed by atoms with Gasteiger partial charge in [0.1, 0.15) is 11.4 Å². The van der Waals surface area contributed by atoms with Gasteiger partial charge in [0, 0.05) is 23.7 Å². The largest absolute Gasteiger partial charge is 0.453 e. The third-order valence-corrected chi connectivity index (χ3v) is 3.29. The maximum absolute atomic E-state index is 5.87. The van der Waals surface area contributed by atoms with Crippen molar-refractivity contribution in [1.82, 2.24) is 9.97 Å². The van der Waals surface area contributed by atoms with E-state index in [2.05, 4.69) is 29.1 Å². The number of anilines is 1. The van der Waals surface area contributed by atoms with Crippen molar-refractivity contribution < 1.29 is 4.42 Å². The number of furan rings is 1. The van der Waals surface area contributed by atoms with E-state index in [-0.39, 0.29) is 0 Å². The molecule has 4 heteroatoms. The van der Waals surface area contributed by atoms with Gasteiger partial charge in [-0.05, 0) is 25.5 Å². The van der Waals surface area contributed by atoms with Crippen LogP contribution in [-0.4, -0.2) is 16.5 Å². The standard InChI is InChI=1S/C17H19N3O/c1-3-7-13-11-16(18-4-2)20-17(19-13)15-10-12-8-5-6-9-14(12)21-15/h5-6,8-11H,3-4,7H2,1-2H3,(H,18,19,20). The van der Waals surface area contributed by atoms with Gasteiger partial charge in [-0.3, -0.25) is 0 Å². The first-order valence-corrected chi connectivity index (χ1v) is 7.41. The Labute approximate surface area is 124 Å². The maximum Gasteiger partial charge on any atom is 0.197 e. The molecular formula is C17H19N3O. The lowest BCUT2D eigenvalue weighted by atomic mass is 10.2. The zero-order chi connectivity index (χ0) is 14.7. The number of hydrogen-bond acceptors (Lipinski definition) is 4. The van der Waals surface area contributed by atoms with E-state index >= 15 is 0 Å². The van der Waals surface area contributed by atoms with Crippen LogP contribution in [0.1, 0.15) is 26.0 Å². The number of para-hydroxylation sites is 1. The number of benzene rings is 1. The molecule has 0 spiro atoms. The molecule has 108 valence electrons. The first kappa shape index (κ1) is 13.6. The summed E-state index contributed by atoms with van der Waals surface area (Å²) < 4.78 is 5.87. The van der Waals surface area contributed by atoms with E-state index in [9.17, 15) is 0 Å². The van der Waals surface area contributed by atoms with E-state index in [4.69, 9.17) is 4.42 Å². The lowest BCUT2D eigenvalue weighted by molar-refractivity contribution is 0.624. The molecule has 21 heavy (non-hydrogen) atoms. The van der Waals surface area contributed by atoms with E-state index in [0.29, 0.717) is 11.6 Å². The fourth-order valence-electron chi connectivity index (χ4n) is 2.36. The SMILES string of the molecule is CCCc1cc(NCC)nc(-c2cc3ccccc3o2)n1. The summed E-state index contributed by atoms with van der Waals surface area (Å²) in [6.07, 6.45) is 2.00. The molecule has 0 bridgehead atoms. The Kier molecular flexibility index (Phi) is 3.86. The zero-order valence-corrected chi connectivity index (χ0v) is 12.4. The molecule has 1 N–H and O–H groups in total. The Hall–Kier alpha value is -2.36. The van der Waals surface area contributed by atoms with Gasteiger partial charge in [-0.15, -0.1) is 0 Å². The molecule has 0 saturated heterocycles. The predicted octanol–water partition coefficient (Wildman–Crippen LogP) is 4.27. The van der Waals surface area contributed by atoms with Crippen molar-refractivity contribution in [2.45, 2.75) is 26.7 Å². The molecule has 0 aliphatic carbocycles. The number of nitrogens with zero attached hydrogens (tertiary/aromatic N) is 2. The van der Waals surface area contributed by atoms with Crippen LogP contribution in [0.3, 0.4) is 0 Å². The van der Waals surface area contributed by atoms with Gasteiger partial charge in [-0.25, -0.2) is 9.97 Å². The smallest absolute Gasteiger partial charge is 0.197 e. The topological polar surface area (TPSA) is 51.0 Å². The number of fused-ring (bicyclic) bond motifs is 1. The molecule has 4 nitrogen and oxygen atoms in total. The van der Waals surface area contributed by atoms with Crippen molar-refractivity contribution in [1.29, 1.82) is 0 Å². The Morgan fingerprint density at radius 2 is 1.95 bits per heavy atom. The molecule has 1 aromatic carbocycles. The summed E-state index contributed by atoms with van der Waals surface area (Å²) >= 11 is 0. The molecule has 3 rings (SSSR count). The Bertz CT molecular complexity index is 691. The van der Waals surface area contributed by atoms with Gasteiger partial charge in [0.05, 0.1) is 0 Å². The Morgan fingerprint density at radius 1 is 1.10 bits per heavy atom. The lowest BCUT2D eigenvalue weighted by Gasteiger charge is -2.07. The predicted molar refractivity (Wildman–Crippen MR) is 85.4 cm³/mol. The van der Waals surface area contributed by atoms with Crippen molar-refractivity contribution in [2.75, 3.05) is 11.9 Å². The van der Waals surface area contributed by atoms with Gasteiger partial charge in [-0.1, -0.05) is 31.5 Å². The van der Waals surface area contributed by atoms with Crippen LogP contribution in [0.2, 0.25) is 0 Å². The fraction of sp³-hybridized carbons (Fsp3) is 0.294. The zero-order valence-electron chi connectivity index (χ0n) is 12.4. The highest BCUT2D eigenvalue weighted by molar-refractivity contribution is 5.81. The van der Waals surface area contributed by atoms with Gasteiger partial charge in [-0.2, -0.15) is 0 Å². The van der Waals surface area contributed by atoms with Gasteiger partial charge in [0.25, 0.3) is 0 Å². The number of rotatable bonds is 5. The van der Waals surface area contributed by atoms with Crippen LogP contribution in [0, 0.1) is 0 Å². The van der Waals surface area contributed by atoms with Crippen LogP contribution in [0.15, 0.2) is 40.8 Å². The summed E-state index contributed by atoms with van der Waals surface area (Å²) in [7, 11) is 0. The summed E-state index contributed by atoms with van der Waals surface area (Å²) in [5.74, 6) is 2.22. The van der Waals surface area contributed by atoms with Crippen molar-refractivity contribution in [2.24, 2.45) is 0 Å². The summed E-state index contributed by atoms with van der Waals surface area (Å²) in [4.78, 5) is 9.18. The molecule has 2 aromatic heterocycles. The highest BCUT2D eigenvalue weighted by atomic mass is 16.3. The second-order valence-electron chi connectivity index (χ2n) is 5.00. The fourth-order valence-corrected chi connectivity index (χ4v) is 2.36. The molecule has 0 atom stereocenters. The van der Waals surface area contributed by atoms with Gasteiger partial charge >= 0.3 is 0 Å². The number of nitrogens with one attached hydrogen (secondary N) is 1. The highest BCUT2D eigenvalue weighted by Gasteiger charge is 2.11. The molecule has 0 saturated carbocycles. The summed E-state index contributed by atoms with van der Waals surface area (Å²) in [5, 5.41) is 4.33. The number of hydrogen-bond donors (Lipinski definition) is 1. The molecule has 0 fully saturated rings. The Balaban J connectivity index is 2.06. The Morgan fingerprint density at radius 3 is 2.71 bits per heavy atom. The summed E-state index contributed by atoms with van der Waals surface area (Å²) in [6.45, 7) is 5.04. The monoisotopic (exact) mass is 281 g/mol. The van der Waals surface area contributed by atoms with Crippen LogP contribution < -0.4 is 5.32 Å². The van der Waals surface area contributed by atoms with Gasteiger partial charge < -0.3 is 9.73 Å². The van der Waals surface area contributed by atoms with Gasteiger partial charge in [0.2, 0.25) is 0 Å². The van der Waals surface area contributed by atoms with Crippen LogP contribution in [-0.2, 0) is 6.42 Å². The number of aromatic nitrogens is 2. The van der Waals surface area contributed by atoms with E-state index in [1.54, 1.807) is 0 Å². The molecule has 0 radical (unpaired) electrons. The highest BCUT2D eigenvalue weighted by Crippen LogP contribution is 2.26. The first-order chi connectivity index (χ1) is 10.3. The second kappa shape index (κ2) is 5.95. The van der Waals surface area contributed by atoms with E-state index < -0.39 is 0 Å². The average Bonchev–Trinajstić information content (AvgIpc) is 2.92. The first-order valence-electron chi connectivity index (χ1n) is 7.41. The third kappa shape index (κ3) is 2.89. The van der Waals surface area contributed by atoms with Crippen molar-refractivity contribution >= 4 is 16.8 Å². The minimum absolute atomic E-state index is 0.646. The molecule has 2 heterocycles. The lowest BCUT2D eigenvalue weighted by Crippen LogP contribution is -2.03. The molecular weight excluding hydrogens is 262 g/mol. The van der Waals surface area contributed by atoms with E-state index in [0.717, 1.165) is 41.9 Å². The molecule has 0 aliphatic rings. The minimum Gasteiger partial charge on any atom is -0.453 e. The van der Waals surface area contributed by atoms with Crippen molar-refractivity contribution in [3.8, 4) is 11.6 Å². The summed E-state index contributed by atoms with van der Waals surface area (Å²) in [5.41, 5.74) is 1.90. The molecule has 0 unspecified atom stereocenters. The van der Waals surface area contributed by atoms with Crippen LogP contribution in [0.25, 0.3) is 22.6 Å². The van der Waals surface area contributed by atoms with Crippen LogP contribution in [0.5, 0.6) is 0 Å². The van der Waals surface area contributed by atoms with Crippen molar-refractivity contribution in [3.05, 3.63) is 42.1 Å². The van der Waals surface area contributed by atoms with Crippen molar-refractivity contribution in [3.63, 3.8) is 0 Å². The van der Waals surface area contributed by atoms with Crippen LogP contribution in [0.4, 0.5) is 5.82 Å². The molecule has 0 amide bonds. The van der Waals surface area contributed by atoms with E-state index in [1.165, 1.54) is 0 Å². The molecule has 3 aromatic rings. The third-order valence-electron chi connectivity index (χ3n) is 3.29. The quantitative estimate of drug-likeness (QED) is 0.758. The normalized spacial score (nSPS) is 11.0.